The summed E-state index contributed by atoms with van der Waals surface area (Å²) >= 11 is 0.0713. The highest BCUT2D eigenvalue weighted by Crippen LogP contribution is 2.07. The highest BCUT2D eigenvalue weighted by Gasteiger charge is 2.20. The second-order valence-corrected chi connectivity index (χ2v) is 8.34. The van der Waals surface area contributed by atoms with E-state index in [1.54, 1.807) is 0 Å². The van der Waals surface area contributed by atoms with Crippen molar-refractivity contribution in [1.29, 1.82) is 0 Å². The van der Waals surface area contributed by atoms with E-state index < -0.39 is 0 Å². The second-order valence-electron chi connectivity index (χ2n) is 4.27. The molecule has 0 N–H and O–H groups in total. The van der Waals surface area contributed by atoms with Crippen molar-refractivity contribution >= 4 is 21.8 Å². The maximum Gasteiger partial charge on any atom is 0.159 e. The third kappa shape index (κ3) is 7.06. The molecule has 0 unspecified atom stereocenters. The Balaban J connectivity index is 1.96. The normalized spacial score (nSPS) is 32.4. The minimum Gasteiger partial charge on any atom is -0.378 e. The average Bonchev–Trinajstić information content (AvgIpc) is 2.50. The topological polar surface area (TPSA) is 49.3 Å². The number of fused-ring (bicyclic) bond motifs is 1. The Hall–Kier alpha value is 0.340. The number of hydrogen-bond acceptors (Lipinski definition) is 5. The maximum absolute atomic E-state index is 5.57. The zero-order valence-corrected chi connectivity index (χ0v) is 13.0. The number of rotatable bonds is 0. The monoisotopic (exact) mass is 310 g/mol. The van der Waals surface area contributed by atoms with E-state index >= 15 is 0 Å². The SMILES string of the molecule is C1COCC[S+]2CCOCCOCCS(=N2)CCO1. The molecule has 0 aromatic carbocycles. The van der Waals surface area contributed by atoms with E-state index in [2.05, 4.69) is 0 Å². The lowest BCUT2D eigenvalue weighted by Gasteiger charge is -2.07. The summed E-state index contributed by atoms with van der Waals surface area (Å²) in [6.07, 6.45) is 0. The van der Waals surface area contributed by atoms with Gasteiger partial charge in [-0.15, -0.1) is 0 Å². The predicted octanol–water partition coefficient (Wildman–Crippen LogP) is 0.415. The first-order valence-electron chi connectivity index (χ1n) is 6.83. The van der Waals surface area contributed by atoms with Gasteiger partial charge in [-0.3, -0.25) is 0 Å². The van der Waals surface area contributed by atoms with Gasteiger partial charge >= 0.3 is 0 Å². The summed E-state index contributed by atoms with van der Waals surface area (Å²) in [5.74, 6) is 4.09. The predicted molar refractivity (Wildman–Crippen MR) is 79.9 cm³/mol. The second kappa shape index (κ2) is 10.1. The molecule has 7 heteroatoms. The van der Waals surface area contributed by atoms with Crippen molar-refractivity contribution in [3.63, 3.8) is 0 Å². The Labute approximate surface area is 120 Å². The zero-order chi connectivity index (χ0) is 13.2. The van der Waals surface area contributed by atoms with Crippen molar-refractivity contribution < 1.29 is 18.9 Å². The quantitative estimate of drug-likeness (QED) is 0.608. The van der Waals surface area contributed by atoms with Crippen LogP contribution in [-0.2, 0) is 40.7 Å². The van der Waals surface area contributed by atoms with E-state index in [0.29, 0.717) is 26.4 Å². The average molecular weight is 310 g/mol. The van der Waals surface area contributed by atoms with Crippen molar-refractivity contribution in [3.8, 4) is 0 Å². The van der Waals surface area contributed by atoms with Crippen molar-refractivity contribution in [2.45, 2.75) is 0 Å². The van der Waals surface area contributed by atoms with Crippen LogP contribution in [-0.4, -0.2) is 75.9 Å². The molecule has 19 heavy (non-hydrogen) atoms. The number of hydrogen-bond donors (Lipinski definition) is 0. The molecule has 2 bridgehead atoms. The van der Waals surface area contributed by atoms with Gasteiger partial charge in [-0.2, -0.15) is 0 Å². The van der Waals surface area contributed by atoms with E-state index in [0.717, 1.165) is 49.4 Å². The summed E-state index contributed by atoms with van der Waals surface area (Å²) in [4.78, 5) is 0. The van der Waals surface area contributed by atoms with Gasteiger partial charge in [0.2, 0.25) is 0 Å². The summed E-state index contributed by atoms with van der Waals surface area (Å²) in [6, 6.07) is 0. The fraction of sp³-hybridized carbons (Fsp3) is 1.00. The first-order valence-corrected chi connectivity index (χ1v) is 9.87. The standard InChI is InChI=1S/C12H24NO4S2/c1-2-15-6-10-19-12-8-17-4-3-16-7-11-18(13-19)9-5-14-1/h1-12H2/q+1. The molecule has 0 aromatic heterocycles. The fourth-order valence-corrected chi connectivity index (χ4v) is 5.80. The van der Waals surface area contributed by atoms with Crippen LogP contribution in [0.4, 0.5) is 0 Å². The zero-order valence-electron chi connectivity index (χ0n) is 11.4. The van der Waals surface area contributed by atoms with Gasteiger partial charge < -0.3 is 18.9 Å². The third-order valence-corrected chi connectivity index (χ3v) is 7.05. The lowest BCUT2D eigenvalue weighted by Crippen LogP contribution is -2.19. The summed E-state index contributed by atoms with van der Waals surface area (Å²) in [6.45, 7) is 5.92. The molecule has 2 heterocycles. The lowest BCUT2D eigenvalue weighted by atomic mass is 10.7. The molecule has 0 radical (unpaired) electrons. The number of ether oxygens (including phenoxy) is 4. The lowest BCUT2D eigenvalue weighted by molar-refractivity contribution is 0.0579. The maximum atomic E-state index is 5.57. The molecule has 2 rings (SSSR count). The van der Waals surface area contributed by atoms with Gasteiger partial charge in [0.15, 0.2) is 11.5 Å². The van der Waals surface area contributed by atoms with Crippen LogP contribution >= 0.6 is 0 Å². The summed E-state index contributed by atoms with van der Waals surface area (Å²) in [7, 11) is 0.0713. The molecule has 5 nitrogen and oxygen atoms in total. The van der Waals surface area contributed by atoms with Crippen LogP contribution in [0.15, 0.2) is 3.77 Å². The van der Waals surface area contributed by atoms with Gasteiger partial charge in [-0.25, -0.2) is 0 Å². The minimum absolute atomic E-state index is 0.0713. The highest BCUT2D eigenvalue weighted by molar-refractivity contribution is 8.03. The largest absolute Gasteiger partial charge is 0.378 e. The Kier molecular flexibility index (Phi) is 8.38. The molecule has 2 aliphatic rings. The summed E-state index contributed by atoms with van der Waals surface area (Å²) in [5.41, 5.74) is 0. The van der Waals surface area contributed by atoms with Crippen molar-refractivity contribution in [3.05, 3.63) is 0 Å². The summed E-state index contributed by atoms with van der Waals surface area (Å²) in [5, 5.41) is 0. The smallest absolute Gasteiger partial charge is 0.159 e. The van der Waals surface area contributed by atoms with E-state index in [9.17, 15) is 0 Å². The van der Waals surface area contributed by atoms with E-state index in [-0.39, 0.29) is 21.8 Å². The molecule has 0 aliphatic carbocycles. The molecule has 0 spiro atoms. The summed E-state index contributed by atoms with van der Waals surface area (Å²) < 4.78 is 27.3. The van der Waals surface area contributed by atoms with Gasteiger partial charge in [-0.05, 0) is 14.5 Å². The Bertz CT molecular complexity index is 256. The van der Waals surface area contributed by atoms with Crippen LogP contribution < -0.4 is 0 Å². The van der Waals surface area contributed by atoms with Crippen LogP contribution in [0.25, 0.3) is 0 Å². The molecule has 112 valence electrons. The molecule has 2 aliphatic heterocycles. The number of nitrogens with zero attached hydrogens (tertiary/aromatic N) is 1. The van der Waals surface area contributed by atoms with Crippen LogP contribution in [0.2, 0.25) is 0 Å². The Morgan fingerprint density at radius 1 is 0.632 bits per heavy atom. The Morgan fingerprint density at radius 3 is 1.63 bits per heavy atom. The van der Waals surface area contributed by atoms with Crippen LogP contribution in [0, 0.1) is 0 Å². The minimum atomic E-state index is 0.0713. The Morgan fingerprint density at radius 2 is 1.11 bits per heavy atom. The van der Waals surface area contributed by atoms with Gasteiger partial charge in [0.25, 0.3) is 0 Å². The van der Waals surface area contributed by atoms with Crippen LogP contribution in [0.1, 0.15) is 0 Å². The highest BCUT2D eigenvalue weighted by atomic mass is 32.2. The van der Waals surface area contributed by atoms with Crippen molar-refractivity contribution in [1.82, 2.24) is 0 Å². The molecule has 0 atom stereocenters. The van der Waals surface area contributed by atoms with Crippen molar-refractivity contribution in [2.75, 3.05) is 75.9 Å². The molecule has 0 aromatic rings. The third-order valence-electron chi connectivity index (χ3n) is 2.81. The van der Waals surface area contributed by atoms with E-state index in [1.807, 2.05) is 0 Å². The molecule has 0 saturated carbocycles. The fourth-order valence-electron chi connectivity index (χ4n) is 1.77. The van der Waals surface area contributed by atoms with Gasteiger partial charge in [0.05, 0.1) is 52.9 Å². The van der Waals surface area contributed by atoms with E-state index in [4.69, 9.17) is 22.7 Å². The van der Waals surface area contributed by atoms with Gasteiger partial charge in [0, 0.05) is 11.5 Å². The van der Waals surface area contributed by atoms with Gasteiger partial charge in [-0.1, -0.05) is 0 Å². The van der Waals surface area contributed by atoms with Crippen LogP contribution in [0.3, 0.4) is 0 Å². The van der Waals surface area contributed by atoms with Crippen LogP contribution in [0.5, 0.6) is 0 Å². The molecule has 0 saturated heterocycles. The van der Waals surface area contributed by atoms with E-state index in [1.165, 1.54) is 0 Å². The first-order chi connectivity index (χ1) is 9.45. The molecular weight excluding hydrogens is 286 g/mol. The van der Waals surface area contributed by atoms with Crippen molar-refractivity contribution in [2.24, 2.45) is 3.77 Å². The van der Waals surface area contributed by atoms with Gasteiger partial charge in [0.1, 0.15) is 11.1 Å². The molecule has 0 amide bonds. The first kappa shape index (κ1) is 15.7. The molecule has 0 fully saturated rings. The molecular formula is C12H24NO4S2+.